The Hall–Kier alpha value is -2.81. The summed E-state index contributed by atoms with van der Waals surface area (Å²) in [6.45, 7) is 6.23. The van der Waals surface area contributed by atoms with Crippen molar-refractivity contribution in [2.24, 2.45) is 0 Å². The molecule has 9 nitrogen and oxygen atoms in total. The molecule has 0 saturated carbocycles. The number of anilines is 3. The number of nitro groups is 1. The molecule has 1 N–H and O–H groups in total. The van der Waals surface area contributed by atoms with Gasteiger partial charge in [-0.2, -0.15) is 0 Å². The van der Waals surface area contributed by atoms with Crippen LogP contribution in [0.1, 0.15) is 6.92 Å². The van der Waals surface area contributed by atoms with Gasteiger partial charge in [-0.25, -0.2) is 9.97 Å². The van der Waals surface area contributed by atoms with Gasteiger partial charge in [0, 0.05) is 32.4 Å². The van der Waals surface area contributed by atoms with Crippen molar-refractivity contribution in [3.63, 3.8) is 0 Å². The van der Waals surface area contributed by atoms with E-state index in [9.17, 15) is 10.1 Å². The molecule has 2 aromatic rings. The van der Waals surface area contributed by atoms with E-state index < -0.39 is 4.92 Å². The first-order valence-electron chi connectivity index (χ1n) is 7.82. The molecule has 0 radical (unpaired) electrons. The second-order valence-corrected chi connectivity index (χ2v) is 5.44. The molecule has 1 aliphatic rings. The van der Waals surface area contributed by atoms with E-state index in [1.54, 1.807) is 24.5 Å². The summed E-state index contributed by atoms with van der Waals surface area (Å²) < 4.78 is 0. The third kappa shape index (κ3) is 3.40. The number of hydrogen-bond acceptors (Lipinski definition) is 8. The van der Waals surface area contributed by atoms with Gasteiger partial charge in [-0.15, -0.1) is 0 Å². The lowest BCUT2D eigenvalue weighted by Crippen LogP contribution is -2.46. The Morgan fingerprint density at radius 1 is 1.29 bits per heavy atom. The van der Waals surface area contributed by atoms with Crippen LogP contribution in [-0.2, 0) is 0 Å². The number of pyridine rings is 1. The zero-order valence-corrected chi connectivity index (χ0v) is 13.4. The van der Waals surface area contributed by atoms with Crippen LogP contribution in [0.2, 0.25) is 0 Å². The third-order valence-corrected chi connectivity index (χ3v) is 4.03. The monoisotopic (exact) mass is 329 g/mol. The molecule has 0 spiro atoms. The lowest BCUT2D eigenvalue weighted by atomic mass is 10.3. The van der Waals surface area contributed by atoms with E-state index in [0.717, 1.165) is 19.6 Å². The van der Waals surface area contributed by atoms with E-state index in [1.165, 1.54) is 6.33 Å². The average Bonchev–Trinajstić information content (AvgIpc) is 2.62. The van der Waals surface area contributed by atoms with Gasteiger partial charge < -0.3 is 15.1 Å². The SMILES string of the molecule is CCN1CCN(c2ncnc(Nc3cccnc3)c2[N+](=O)[O-])CC1. The van der Waals surface area contributed by atoms with Crippen molar-refractivity contribution in [1.29, 1.82) is 0 Å². The molecule has 24 heavy (non-hydrogen) atoms. The largest absolute Gasteiger partial charge is 0.353 e. The molecule has 1 fully saturated rings. The minimum atomic E-state index is -0.430. The van der Waals surface area contributed by atoms with Crippen LogP contribution in [0.5, 0.6) is 0 Å². The van der Waals surface area contributed by atoms with E-state index in [1.807, 2.05) is 4.90 Å². The van der Waals surface area contributed by atoms with Crippen molar-refractivity contribution in [2.75, 3.05) is 42.9 Å². The average molecular weight is 329 g/mol. The zero-order valence-electron chi connectivity index (χ0n) is 13.4. The number of nitrogens with one attached hydrogen (secondary N) is 1. The van der Waals surface area contributed by atoms with Crippen LogP contribution in [0.25, 0.3) is 0 Å². The number of likely N-dealkylation sites (N-methyl/N-ethyl adjacent to an activating group) is 1. The minimum Gasteiger partial charge on any atom is -0.348 e. The van der Waals surface area contributed by atoms with Gasteiger partial charge in [0.25, 0.3) is 0 Å². The molecule has 3 heterocycles. The maximum Gasteiger partial charge on any atom is 0.353 e. The van der Waals surface area contributed by atoms with E-state index >= 15 is 0 Å². The standard InChI is InChI=1S/C15H19N7O2/c1-2-20-6-8-21(9-7-20)15-13(22(23)24)14(17-11-18-15)19-12-4-3-5-16-10-12/h3-5,10-11H,2,6-9H2,1H3,(H,17,18,19). The summed E-state index contributed by atoms with van der Waals surface area (Å²) in [5.41, 5.74) is 0.535. The molecule has 0 amide bonds. The molecular formula is C15H19N7O2. The predicted octanol–water partition coefficient (Wildman–Crippen LogP) is 1.67. The summed E-state index contributed by atoms with van der Waals surface area (Å²) >= 11 is 0. The maximum absolute atomic E-state index is 11.6. The topological polar surface area (TPSA) is 100 Å². The van der Waals surface area contributed by atoms with Crippen LogP contribution in [0.15, 0.2) is 30.9 Å². The fraction of sp³-hybridized carbons (Fsp3) is 0.400. The maximum atomic E-state index is 11.6. The van der Waals surface area contributed by atoms with Crippen LogP contribution in [0, 0.1) is 10.1 Å². The first-order chi connectivity index (χ1) is 11.7. The molecule has 0 unspecified atom stereocenters. The number of piperazine rings is 1. The number of nitrogens with zero attached hydrogens (tertiary/aromatic N) is 6. The van der Waals surface area contributed by atoms with E-state index in [4.69, 9.17) is 0 Å². The first kappa shape index (κ1) is 16.1. The summed E-state index contributed by atoms with van der Waals surface area (Å²) in [7, 11) is 0. The molecule has 0 atom stereocenters. The zero-order chi connectivity index (χ0) is 16.9. The highest BCUT2D eigenvalue weighted by Crippen LogP contribution is 2.33. The quantitative estimate of drug-likeness (QED) is 0.653. The van der Waals surface area contributed by atoms with Gasteiger partial charge in [0.1, 0.15) is 6.33 Å². The second-order valence-electron chi connectivity index (χ2n) is 5.44. The summed E-state index contributed by atoms with van der Waals surface area (Å²) in [5.74, 6) is 0.535. The number of hydrogen-bond donors (Lipinski definition) is 1. The Bertz CT molecular complexity index is 702. The van der Waals surface area contributed by atoms with Crippen LogP contribution in [0.3, 0.4) is 0 Å². The molecular weight excluding hydrogens is 310 g/mol. The molecule has 3 rings (SSSR count). The van der Waals surface area contributed by atoms with E-state index in [-0.39, 0.29) is 11.5 Å². The van der Waals surface area contributed by atoms with Gasteiger partial charge in [0.2, 0.25) is 11.6 Å². The van der Waals surface area contributed by atoms with Crippen molar-refractivity contribution in [2.45, 2.75) is 6.92 Å². The Kier molecular flexibility index (Phi) is 4.80. The lowest BCUT2D eigenvalue weighted by molar-refractivity contribution is -0.383. The highest BCUT2D eigenvalue weighted by atomic mass is 16.6. The molecule has 2 aromatic heterocycles. The number of rotatable bonds is 5. The van der Waals surface area contributed by atoms with Crippen molar-refractivity contribution in [1.82, 2.24) is 19.9 Å². The van der Waals surface area contributed by atoms with Crippen molar-refractivity contribution < 1.29 is 4.92 Å². The van der Waals surface area contributed by atoms with Crippen LogP contribution >= 0.6 is 0 Å². The molecule has 0 bridgehead atoms. The van der Waals surface area contributed by atoms with Crippen LogP contribution < -0.4 is 10.2 Å². The van der Waals surface area contributed by atoms with Crippen LogP contribution in [0.4, 0.5) is 23.0 Å². The van der Waals surface area contributed by atoms with Gasteiger partial charge in [0.15, 0.2) is 0 Å². The summed E-state index contributed by atoms with van der Waals surface area (Å²) in [6, 6.07) is 3.53. The Labute approximate surface area is 139 Å². The smallest absolute Gasteiger partial charge is 0.348 e. The highest BCUT2D eigenvalue weighted by molar-refractivity contribution is 5.74. The van der Waals surface area contributed by atoms with Crippen LogP contribution in [-0.4, -0.2) is 57.5 Å². The minimum absolute atomic E-state index is 0.105. The Balaban J connectivity index is 1.90. The normalized spacial score (nSPS) is 15.3. The van der Waals surface area contributed by atoms with Crippen molar-refractivity contribution in [3.05, 3.63) is 41.0 Å². The third-order valence-electron chi connectivity index (χ3n) is 4.03. The summed E-state index contributed by atoms with van der Waals surface area (Å²) in [6.07, 6.45) is 4.58. The van der Waals surface area contributed by atoms with Gasteiger partial charge in [-0.05, 0) is 18.7 Å². The Morgan fingerprint density at radius 2 is 2.08 bits per heavy atom. The first-order valence-corrected chi connectivity index (χ1v) is 7.82. The summed E-state index contributed by atoms with van der Waals surface area (Å²) in [5, 5.41) is 14.6. The van der Waals surface area contributed by atoms with Gasteiger partial charge in [-0.3, -0.25) is 15.1 Å². The fourth-order valence-electron chi connectivity index (χ4n) is 2.71. The van der Waals surface area contributed by atoms with Crippen molar-refractivity contribution >= 4 is 23.0 Å². The van der Waals surface area contributed by atoms with E-state index in [2.05, 4.69) is 32.1 Å². The van der Waals surface area contributed by atoms with Gasteiger partial charge >= 0.3 is 5.69 Å². The van der Waals surface area contributed by atoms with Crippen molar-refractivity contribution in [3.8, 4) is 0 Å². The fourth-order valence-corrected chi connectivity index (χ4v) is 2.71. The molecule has 9 heteroatoms. The predicted molar refractivity (Wildman–Crippen MR) is 90.5 cm³/mol. The summed E-state index contributed by atoms with van der Waals surface area (Å²) in [4.78, 5) is 27.7. The molecule has 1 aliphatic heterocycles. The number of aromatic nitrogens is 3. The molecule has 1 saturated heterocycles. The molecule has 0 aromatic carbocycles. The van der Waals surface area contributed by atoms with Gasteiger partial charge in [0.05, 0.1) is 16.8 Å². The van der Waals surface area contributed by atoms with Gasteiger partial charge in [-0.1, -0.05) is 6.92 Å². The molecule has 126 valence electrons. The molecule has 0 aliphatic carbocycles. The van der Waals surface area contributed by atoms with E-state index in [0.29, 0.717) is 24.6 Å². The Morgan fingerprint density at radius 3 is 2.71 bits per heavy atom. The highest BCUT2D eigenvalue weighted by Gasteiger charge is 2.29. The second kappa shape index (κ2) is 7.18. The lowest BCUT2D eigenvalue weighted by Gasteiger charge is -2.34.